The summed E-state index contributed by atoms with van der Waals surface area (Å²) in [5, 5.41) is 2.22. The Bertz CT molecular complexity index is 906. The largest absolute Gasteiger partial charge is 0.484 e. The van der Waals surface area contributed by atoms with Gasteiger partial charge in [0.2, 0.25) is 0 Å². The molecule has 1 aliphatic heterocycles. The molecule has 0 saturated carbocycles. The van der Waals surface area contributed by atoms with E-state index >= 15 is 0 Å². The van der Waals surface area contributed by atoms with E-state index in [4.69, 9.17) is 9.47 Å². The van der Waals surface area contributed by atoms with Gasteiger partial charge >= 0.3 is 0 Å². The molecule has 0 aliphatic carbocycles. The number of aromatic nitrogens is 1. The summed E-state index contributed by atoms with van der Waals surface area (Å²) in [4.78, 5) is 18.2. The molecule has 5 nitrogen and oxygen atoms in total. The van der Waals surface area contributed by atoms with Crippen molar-refractivity contribution in [3.63, 3.8) is 0 Å². The van der Waals surface area contributed by atoms with E-state index in [0.717, 1.165) is 21.9 Å². The lowest BCUT2D eigenvalue weighted by Crippen LogP contribution is -2.42. The van der Waals surface area contributed by atoms with Crippen molar-refractivity contribution >= 4 is 16.7 Å². The first-order chi connectivity index (χ1) is 12.8. The molecule has 132 valence electrons. The van der Waals surface area contributed by atoms with Gasteiger partial charge in [-0.1, -0.05) is 24.3 Å². The SMILES string of the molecule is O=C(COc1cc(-c2ccncc2)c2ccccc2c1)N1CCOCC1. The van der Waals surface area contributed by atoms with Crippen LogP contribution in [0.1, 0.15) is 0 Å². The van der Waals surface area contributed by atoms with Crippen molar-refractivity contribution in [1.29, 1.82) is 0 Å². The predicted molar refractivity (Wildman–Crippen MR) is 100 cm³/mol. The van der Waals surface area contributed by atoms with Gasteiger partial charge in [0, 0.05) is 25.5 Å². The molecule has 1 aromatic heterocycles. The van der Waals surface area contributed by atoms with Crippen LogP contribution in [-0.2, 0) is 9.53 Å². The van der Waals surface area contributed by atoms with Crippen LogP contribution in [0.25, 0.3) is 21.9 Å². The quantitative estimate of drug-likeness (QED) is 0.727. The molecule has 0 spiro atoms. The van der Waals surface area contributed by atoms with Crippen molar-refractivity contribution in [3.05, 3.63) is 60.9 Å². The molecular formula is C21H20N2O3. The number of nitrogens with zero attached hydrogens (tertiary/aromatic N) is 2. The van der Waals surface area contributed by atoms with Gasteiger partial charge in [-0.15, -0.1) is 0 Å². The molecule has 0 unspecified atom stereocenters. The molecule has 5 heteroatoms. The Morgan fingerprint density at radius 3 is 2.65 bits per heavy atom. The second-order valence-electron chi connectivity index (χ2n) is 6.21. The number of fused-ring (bicyclic) bond motifs is 1. The molecule has 1 fully saturated rings. The van der Waals surface area contributed by atoms with Gasteiger partial charge < -0.3 is 14.4 Å². The van der Waals surface area contributed by atoms with E-state index in [0.29, 0.717) is 32.1 Å². The molecule has 0 radical (unpaired) electrons. The molecule has 1 aliphatic rings. The number of ether oxygens (including phenoxy) is 2. The van der Waals surface area contributed by atoms with Gasteiger partial charge in [-0.25, -0.2) is 0 Å². The highest BCUT2D eigenvalue weighted by atomic mass is 16.5. The van der Waals surface area contributed by atoms with Crippen molar-refractivity contribution in [2.75, 3.05) is 32.9 Å². The van der Waals surface area contributed by atoms with Crippen molar-refractivity contribution in [2.45, 2.75) is 0 Å². The minimum Gasteiger partial charge on any atom is -0.484 e. The van der Waals surface area contributed by atoms with E-state index in [1.807, 2.05) is 36.4 Å². The van der Waals surface area contributed by atoms with E-state index in [1.165, 1.54) is 0 Å². The lowest BCUT2D eigenvalue weighted by atomic mass is 9.98. The summed E-state index contributed by atoms with van der Waals surface area (Å²) in [6, 6.07) is 16.1. The number of carbonyl (C=O) groups is 1. The normalized spacial score (nSPS) is 14.4. The Morgan fingerprint density at radius 2 is 1.85 bits per heavy atom. The zero-order chi connectivity index (χ0) is 17.8. The number of benzene rings is 2. The van der Waals surface area contributed by atoms with Crippen LogP contribution in [-0.4, -0.2) is 48.7 Å². The lowest BCUT2D eigenvalue weighted by molar-refractivity contribution is -0.137. The molecule has 4 rings (SSSR count). The molecule has 1 saturated heterocycles. The van der Waals surface area contributed by atoms with Crippen LogP contribution in [0.2, 0.25) is 0 Å². The maximum absolute atomic E-state index is 12.3. The van der Waals surface area contributed by atoms with Gasteiger partial charge in [-0.3, -0.25) is 9.78 Å². The first-order valence-corrected chi connectivity index (χ1v) is 8.73. The van der Waals surface area contributed by atoms with Gasteiger partial charge in [-0.05, 0) is 46.2 Å². The fraction of sp³-hybridized carbons (Fsp3) is 0.238. The van der Waals surface area contributed by atoms with Crippen LogP contribution in [0, 0.1) is 0 Å². The van der Waals surface area contributed by atoms with Gasteiger partial charge in [0.15, 0.2) is 6.61 Å². The average Bonchev–Trinajstić information content (AvgIpc) is 2.72. The van der Waals surface area contributed by atoms with E-state index in [1.54, 1.807) is 17.3 Å². The minimum atomic E-state index is -0.00748. The van der Waals surface area contributed by atoms with Crippen LogP contribution in [0.5, 0.6) is 5.75 Å². The lowest BCUT2D eigenvalue weighted by Gasteiger charge is -2.26. The first kappa shape index (κ1) is 16.5. The molecule has 2 heterocycles. The van der Waals surface area contributed by atoms with Gasteiger partial charge in [0.25, 0.3) is 5.91 Å². The number of hydrogen-bond acceptors (Lipinski definition) is 4. The third kappa shape index (κ3) is 3.53. The molecule has 2 aromatic carbocycles. The van der Waals surface area contributed by atoms with Crippen molar-refractivity contribution < 1.29 is 14.3 Å². The van der Waals surface area contributed by atoms with Crippen LogP contribution in [0.15, 0.2) is 60.9 Å². The van der Waals surface area contributed by atoms with Crippen LogP contribution in [0.3, 0.4) is 0 Å². The summed E-state index contributed by atoms with van der Waals surface area (Å²) in [5.74, 6) is 0.684. The zero-order valence-corrected chi connectivity index (χ0v) is 14.4. The number of hydrogen-bond donors (Lipinski definition) is 0. The Morgan fingerprint density at radius 1 is 1.08 bits per heavy atom. The van der Waals surface area contributed by atoms with Crippen LogP contribution >= 0.6 is 0 Å². The monoisotopic (exact) mass is 348 g/mol. The van der Waals surface area contributed by atoms with E-state index < -0.39 is 0 Å². The molecule has 0 atom stereocenters. The van der Waals surface area contributed by atoms with Crippen molar-refractivity contribution in [3.8, 4) is 16.9 Å². The first-order valence-electron chi connectivity index (χ1n) is 8.73. The fourth-order valence-electron chi connectivity index (χ4n) is 3.19. The standard InChI is InChI=1S/C21H20N2O3/c24-21(23-9-11-25-12-10-23)15-26-18-13-17-3-1-2-4-19(17)20(14-18)16-5-7-22-8-6-16/h1-8,13-14H,9-12,15H2. The van der Waals surface area contributed by atoms with E-state index in [-0.39, 0.29) is 12.5 Å². The fourth-order valence-corrected chi connectivity index (χ4v) is 3.19. The Kier molecular flexibility index (Phi) is 4.80. The molecule has 0 bridgehead atoms. The molecular weight excluding hydrogens is 328 g/mol. The van der Waals surface area contributed by atoms with E-state index in [9.17, 15) is 4.79 Å². The van der Waals surface area contributed by atoms with Gasteiger partial charge in [0.1, 0.15) is 5.75 Å². The maximum Gasteiger partial charge on any atom is 0.260 e. The molecule has 26 heavy (non-hydrogen) atoms. The summed E-state index contributed by atoms with van der Waals surface area (Å²) in [6.07, 6.45) is 3.55. The van der Waals surface area contributed by atoms with Crippen molar-refractivity contribution in [1.82, 2.24) is 9.88 Å². The summed E-state index contributed by atoms with van der Waals surface area (Å²) in [7, 11) is 0. The number of amides is 1. The summed E-state index contributed by atoms with van der Waals surface area (Å²) < 4.78 is 11.1. The second kappa shape index (κ2) is 7.54. The van der Waals surface area contributed by atoms with Gasteiger partial charge in [0.05, 0.1) is 13.2 Å². The minimum absolute atomic E-state index is 0.00748. The summed E-state index contributed by atoms with van der Waals surface area (Å²) in [5.41, 5.74) is 2.14. The van der Waals surface area contributed by atoms with Gasteiger partial charge in [-0.2, -0.15) is 0 Å². The second-order valence-corrected chi connectivity index (χ2v) is 6.21. The topological polar surface area (TPSA) is 51.7 Å². The Labute approximate surface area is 152 Å². The smallest absolute Gasteiger partial charge is 0.260 e. The Balaban J connectivity index is 1.60. The average molecular weight is 348 g/mol. The number of carbonyl (C=O) groups excluding carboxylic acids is 1. The highest BCUT2D eigenvalue weighted by Crippen LogP contribution is 2.32. The zero-order valence-electron chi connectivity index (χ0n) is 14.4. The van der Waals surface area contributed by atoms with Crippen molar-refractivity contribution in [2.24, 2.45) is 0 Å². The number of rotatable bonds is 4. The summed E-state index contributed by atoms with van der Waals surface area (Å²) in [6.45, 7) is 2.47. The maximum atomic E-state index is 12.3. The third-order valence-electron chi connectivity index (χ3n) is 4.55. The number of pyridine rings is 1. The van der Waals surface area contributed by atoms with Crippen LogP contribution < -0.4 is 4.74 Å². The highest BCUT2D eigenvalue weighted by Gasteiger charge is 2.17. The summed E-state index contributed by atoms with van der Waals surface area (Å²) >= 11 is 0. The highest BCUT2D eigenvalue weighted by molar-refractivity contribution is 5.97. The molecule has 1 amide bonds. The van der Waals surface area contributed by atoms with Crippen LogP contribution in [0.4, 0.5) is 0 Å². The number of morpholine rings is 1. The predicted octanol–water partition coefficient (Wildman–Crippen LogP) is 3.14. The molecule has 0 N–H and O–H groups in total. The Hall–Kier alpha value is -2.92. The third-order valence-corrected chi connectivity index (χ3v) is 4.55. The molecule has 3 aromatic rings. The van der Waals surface area contributed by atoms with E-state index in [2.05, 4.69) is 17.1 Å².